The van der Waals surface area contributed by atoms with Crippen LogP contribution in [0.4, 0.5) is 0 Å². The third-order valence-electron chi connectivity index (χ3n) is 5.78. The van der Waals surface area contributed by atoms with Crippen LogP contribution in [0.3, 0.4) is 0 Å². The number of nitrogens with two attached hydrogens (primary N) is 1. The Hall–Kier alpha value is -3.69. The molecule has 148 valence electrons. The van der Waals surface area contributed by atoms with Gasteiger partial charge in [0.15, 0.2) is 5.54 Å². The van der Waals surface area contributed by atoms with Gasteiger partial charge in [0.1, 0.15) is 0 Å². The molecule has 4 aromatic rings. The topological polar surface area (TPSA) is 63.3 Å². The van der Waals surface area contributed by atoms with Crippen LogP contribution < -0.4 is 5.73 Å². The highest BCUT2D eigenvalue weighted by Gasteiger charge is 2.58. The van der Waals surface area contributed by atoms with Crippen LogP contribution in [0.2, 0.25) is 0 Å². The third-order valence-corrected chi connectivity index (χ3v) is 5.78. The highest BCUT2D eigenvalue weighted by atomic mass is 16.4. The van der Waals surface area contributed by atoms with Crippen LogP contribution in [0.15, 0.2) is 121 Å². The second-order valence-corrected chi connectivity index (χ2v) is 7.33. The number of aliphatic carboxylic acids is 1. The first-order valence-corrected chi connectivity index (χ1v) is 9.86. The zero-order valence-corrected chi connectivity index (χ0v) is 16.5. The molecule has 0 spiro atoms. The summed E-state index contributed by atoms with van der Waals surface area (Å²) in [6, 6.07) is 38.1. The van der Waals surface area contributed by atoms with Crippen molar-refractivity contribution in [3.05, 3.63) is 144 Å². The highest BCUT2D eigenvalue weighted by Crippen LogP contribution is 2.51. The number of hydrogen-bond acceptors (Lipinski definition) is 2. The summed E-state index contributed by atoms with van der Waals surface area (Å²) >= 11 is 0. The largest absolute Gasteiger partial charge is 0.480 e. The first-order valence-electron chi connectivity index (χ1n) is 9.86. The SMILES string of the molecule is NC(C(=O)O)(c1ccccc1)C(c1ccccc1)(c1ccccc1)c1ccccc1. The highest BCUT2D eigenvalue weighted by molar-refractivity contribution is 5.86. The molecule has 0 fully saturated rings. The summed E-state index contributed by atoms with van der Waals surface area (Å²) in [7, 11) is 0. The van der Waals surface area contributed by atoms with Crippen LogP contribution in [0, 0.1) is 0 Å². The van der Waals surface area contributed by atoms with Gasteiger partial charge in [-0.15, -0.1) is 0 Å². The van der Waals surface area contributed by atoms with Crippen LogP contribution in [-0.2, 0) is 15.7 Å². The van der Waals surface area contributed by atoms with Crippen molar-refractivity contribution in [2.45, 2.75) is 11.0 Å². The van der Waals surface area contributed by atoms with Gasteiger partial charge in [-0.25, -0.2) is 4.79 Å². The summed E-state index contributed by atoms with van der Waals surface area (Å²) in [5, 5.41) is 10.7. The maximum absolute atomic E-state index is 13.1. The molecule has 0 aliphatic carbocycles. The summed E-state index contributed by atoms with van der Waals surface area (Å²) < 4.78 is 0. The number of rotatable bonds is 6. The van der Waals surface area contributed by atoms with Crippen LogP contribution in [0.5, 0.6) is 0 Å². The number of carbonyl (C=O) groups is 1. The number of hydrogen-bond donors (Lipinski definition) is 2. The molecule has 0 saturated heterocycles. The van der Waals surface area contributed by atoms with Crippen LogP contribution >= 0.6 is 0 Å². The van der Waals surface area contributed by atoms with E-state index < -0.39 is 16.9 Å². The van der Waals surface area contributed by atoms with E-state index in [1.54, 1.807) is 12.1 Å². The van der Waals surface area contributed by atoms with Gasteiger partial charge >= 0.3 is 5.97 Å². The van der Waals surface area contributed by atoms with Crippen LogP contribution in [0.25, 0.3) is 0 Å². The van der Waals surface area contributed by atoms with Crippen molar-refractivity contribution in [1.29, 1.82) is 0 Å². The number of carboxylic acid groups (broad SMARTS) is 1. The predicted molar refractivity (Wildman–Crippen MR) is 119 cm³/mol. The minimum absolute atomic E-state index is 0.536. The Bertz CT molecular complexity index is 1020. The van der Waals surface area contributed by atoms with Crippen molar-refractivity contribution < 1.29 is 9.90 Å². The lowest BCUT2D eigenvalue weighted by Crippen LogP contribution is -2.62. The molecule has 3 N–H and O–H groups in total. The molecule has 30 heavy (non-hydrogen) atoms. The monoisotopic (exact) mass is 393 g/mol. The van der Waals surface area contributed by atoms with E-state index >= 15 is 0 Å². The minimum atomic E-state index is -1.77. The van der Waals surface area contributed by atoms with Gasteiger partial charge < -0.3 is 10.8 Å². The fourth-order valence-corrected chi connectivity index (χ4v) is 4.45. The summed E-state index contributed by atoms with van der Waals surface area (Å²) in [5.41, 5.74) is 7.09. The first kappa shape index (κ1) is 19.6. The molecule has 1 unspecified atom stereocenters. The lowest BCUT2D eigenvalue weighted by molar-refractivity contribution is -0.145. The van der Waals surface area contributed by atoms with E-state index in [4.69, 9.17) is 5.73 Å². The third kappa shape index (κ3) is 2.92. The zero-order chi connectivity index (χ0) is 21.0. The van der Waals surface area contributed by atoms with Gasteiger partial charge in [0.05, 0.1) is 5.41 Å². The van der Waals surface area contributed by atoms with Gasteiger partial charge in [-0.3, -0.25) is 0 Å². The Balaban J connectivity index is 2.22. The molecule has 0 heterocycles. The smallest absolute Gasteiger partial charge is 0.330 e. The molecule has 3 heteroatoms. The van der Waals surface area contributed by atoms with Gasteiger partial charge in [-0.05, 0) is 22.3 Å². The van der Waals surface area contributed by atoms with Crippen molar-refractivity contribution in [2.24, 2.45) is 5.73 Å². The predicted octanol–water partition coefficient (Wildman–Crippen LogP) is 4.96. The fraction of sp³-hybridized carbons (Fsp3) is 0.0741. The lowest BCUT2D eigenvalue weighted by atomic mass is 9.56. The molecular formula is C27H23NO2. The zero-order valence-electron chi connectivity index (χ0n) is 16.5. The van der Waals surface area contributed by atoms with Gasteiger partial charge in [-0.1, -0.05) is 121 Å². The molecule has 4 rings (SSSR count). The molecule has 0 aliphatic heterocycles. The molecule has 3 nitrogen and oxygen atoms in total. The van der Waals surface area contributed by atoms with Crippen molar-refractivity contribution in [3.63, 3.8) is 0 Å². The Labute approximate surface area is 176 Å². The Morgan fingerprint density at radius 3 is 1.07 bits per heavy atom. The summed E-state index contributed by atoms with van der Waals surface area (Å²) in [4.78, 5) is 13.1. The van der Waals surface area contributed by atoms with Gasteiger partial charge in [-0.2, -0.15) is 0 Å². The van der Waals surface area contributed by atoms with E-state index in [0.717, 1.165) is 16.7 Å². The molecule has 1 atom stereocenters. The van der Waals surface area contributed by atoms with Gasteiger partial charge in [0.2, 0.25) is 0 Å². The molecule has 0 saturated carbocycles. The van der Waals surface area contributed by atoms with Gasteiger partial charge in [0, 0.05) is 0 Å². The van der Waals surface area contributed by atoms with E-state index in [-0.39, 0.29) is 0 Å². The number of carboxylic acids is 1. The van der Waals surface area contributed by atoms with E-state index in [9.17, 15) is 9.90 Å². The quantitative estimate of drug-likeness (QED) is 0.455. The molecule has 0 radical (unpaired) electrons. The van der Waals surface area contributed by atoms with E-state index in [0.29, 0.717) is 5.56 Å². The van der Waals surface area contributed by atoms with Crippen LogP contribution in [0.1, 0.15) is 22.3 Å². The minimum Gasteiger partial charge on any atom is -0.480 e. The van der Waals surface area contributed by atoms with Crippen molar-refractivity contribution in [2.75, 3.05) is 0 Å². The Morgan fingerprint density at radius 2 is 0.800 bits per heavy atom. The van der Waals surface area contributed by atoms with E-state index in [1.165, 1.54) is 0 Å². The van der Waals surface area contributed by atoms with E-state index in [2.05, 4.69) is 0 Å². The van der Waals surface area contributed by atoms with Crippen molar-refractivity contribution in [1.82, 2.24) is 0 Å². The summed E-state index contributed by atoms with van der Waals surface area (Å²) in [5.74, 6) is -1.09. The molecule has 0 aliphatic rings. The van der Waals surface area contributed by atoms with Crippen molar-refractivity contribution >= 4 is 5.97 Å². The van der Waals surface area contributed by atoms with E-state index in [1.807, 2.05) is 109 Å². The molecule has 0 aromatic heterocycles. The standard InChI is InChI=1S/C27H23NO2/c28-27(25(29)30,24-19-11-4-12-20-24)26(21-13-5-1-6-14-21,22-15-7-2-8-16-22)23-17-9-3-10-18-23/h1-20H,28H2,(H,29,30). The lowest BCUT2D eigenvalue weighted by Gasteiger charge is -2.47. The molecular weight excluding hydrogens is 370 g/mol. The Kier molecular flexibility index (Phi) is 5.21. The molecule has 0 amide bonds. The Morgan fingerprint density at radius 1 is 0.533 bits per heavy atom. The second kappa shape index (κ2) is 7.97. The summed E-state index contributed by atoms with van der Waals surface area (Å²) in [6.45, 7) is 0. The first-order chi connectivity index (χ1) is 14.6. The maximum atomic E-state index is 13.1. The molecule has 0 bridgehead atoms. The normalized spacial score (nSPS) is 13.4. The summed E-state index contributed by atoms with van der Waals surface area (Å²) in [6.07, 6.45) is 0. The fourth-order valence-electron chi connectivity index (χ4n) is 4.45. The maximum Gasteiger partial charge on any atom is 0.330 e. The average molecular weight is 393 g/mol. The van der Waals surface area contributed by atoms with Gasteiger partial charge in [0.25, 0.3) is 0 Å². The number of benzene rings is 4. The van der Waals surface area contributed by atoms with Crippen LogP contribution in [-0.4, -0.2) is 11.1 Å². The molecule has 4 aromatic carbocycles. The average Bonchev–Trinajstić information content (AvgIpc) is 2.82. The second-order valence-electron chi connectivity index (χ2n) is 7.33. The van der Waals surface area contributed by atoms with Crippen molar-refractivity contribution in [3.8, 4) is 0 Å².